The third-order valence-corrected chi connectivity index (χ3v) is 5.26. The summed E-state index contributed by atoms with van der Waals surface area (Å²) < 4.78 is 27.8. The summed E-state index contributed by atoms with van der Waals surface area (Å²) in [6.07, 6.45) is 0. The van der Waals surface area contributed by atoms with E-state index in [0.717, 1.165) is 4.70 Å². The molecule has 0 aliphatic heterocycles. The van der Waals surface area contributed by atoms with E-state index >= 15 is 0 Å². The Balaban J connectivity index is 1.95. The van der Waals surface area contributed by atoms with Gasteiger partial charge >= 0.3 is 0 Å². The van der Waals surface area contributed by atoms with Crippen molar-refractivity contribution >= 4 is 48.1 Å². The normalized spacial score (nSPS) is 11.6. The minimum absolute atomic E-state index is 0.135. The molecule has 0 unspecified atom stereocenters. The van der Waals surface area contributed by atoms with Gasteiger partial charge in [0.25, 0.3) is 10.0 Å². The molecule has 1 aromatic heterocycles. The van der Waals surface area contributed by atoms with E-state index < -0.39 is 10.0 Å². The Hall–Kier alpha value is -2.32. The van der Waals surface area contributed by atoms with E-state index in [1.165, 1.54) is 35.6 Å². The van der Waals surface area contributed by atoms with Crippen LogP contribution in [0.2, 0.25) is 0 Å². The first-order chi connectivity index (χ1) is 9.94. The van der Waals surface area contributed by atoms with Crippen molar-refractivity contribution in [3.8, 4) is 0 Å². The first kappa shape index (κ1) is 13.7. The number of hydrogen-bond donors (Lipinski definition) is 3. The number of nitrogens with two attached hydrogens (primary N) is 2. The Morgan fingerprint density at radius 3 is 2.38 bits per heavy atom. The van der Waals surface area contributed by atoms with Crippen LogP contribution in [-0.2, 0) is 10.0 Å². The molecule has 5 N–H and O–H groups in total. The molecule has 0 radical (unpaired) electrons. The summed E-state index contributed by atoms with van der Waals surface area (Å²) in [4.78, 5) is 4.36. The highest BCUT2D eigenvalue weighted by Crippen LogP contribution is 2.28. The van der Waals surface area contributed by atoms with Gasteiger partial charge in [0, 0.05) is 11.4 Å². The molecule has 3 rings (SSSR count). The molecule has 0 spiro atoms. The Labute approximate surface area is 125 Å². The lowest BCUT2D eigenvalue weighted by atomic mass is 10.3. The predicted molar refractivity (Wildman–Crippen MR) is 85.7 cm³/mol. The number of anilines is 3. The number of thiazole rings is 1. The Morgan fingerprint density at radius 2 is 1.67 bits per heavy atom. The molecule has 0 aliphatic carbocycles. The molecule has 0 bridgehead atoms. The lowest BCUT2D eigenvalue weighted by Crippen LogP contribution is -2.12. The molecule has 0 fully saturated rings. The van der Waals surface area contributed by atoms with Crippen LogP contribution in [0.5, 0.6) is 0 Å². The van der Waals surface area contributed by atoms with E-state index in [4.69, 9.17) is 11.5 Å². The number of fused-ring (bicyclic) bond motifs is 1. The molecule has 6 nitrogen and oxygen atoms in total. The Morgan fingerprint density at radius 1 is 1.00 bits per heavy atom. The fourth-order valence-electron chi connectivity index (χ4n) is 1.81. The average molecular weight is 320 g/mol. The van der Waals surface area contributed by atoms with Crippen LogP contribution in [0.3, 0.4) is 0 Å². The van der Waals surface area contributed by atoms with Gasteiger partial charge in [-0.2, -0.15) is 0 Å². The predicted octanol–water partition coefficient (Wildman–Crippen LogP) is 2.26. The third kappa shape index (κ3) is 2.76. The maximum absolute atomic E-state index is 12.2. The van der Waals surface area contributed by atoms with Crippen molar-refractivity contribution in [2.75, 3.05) is 16.2 Å². The van der Waals surface area contributed by atoms with Gasteiger partial charge in [0.2, 0.25) is 0 Å². The molecule has 0 atom stereocenters. The van der Waals surface area contributed by atoms with Gasteiger partial charge in [-0.05, 0) is 42.5 Å². The lowest BCUT2D eigenvalue weighted by molar-refractivity contribution is 0.601. The molecule has 0 saturated carbocycles. The zero-order valence-electron chi connectivity index (χ0n) is 10.8. The highest BCUT2D eigenvalue weighted by atomic mass is 32.2. The fraction of sp³-hybridized carbons (Fsp3) is 0. The molecule has 0 aliphatic rings. The highest BCUT2D eigenvalue weighted by molar-refractivity contribution is 7.93. The number of rotatable bonds is 3. The molecular weight excluding hydrogens is 308 g/mol. The van der Waals surface area contributed by atoms with Crippen molar-refractivity contribution in [1.82, 2.24) is 4.98 Å². The van der Waals surface area contributed by atoms with Crippen molar-refractivity contribution in [3.05, 3.63) is 42.5 Å². The number of nitrogens with one attached hydrogen (secondary N) is 1. The van der Waals surface area contributed by atoms with Crippen molar-refractivity contribution in [3.63, 3.8) is 0 Å². The first-order valence-corrected chi connectivity index (χ1v) is 8.28. The molecular formula is C13H12N4O2S2. The van der Waals surface area contributed by atoms with E-state index in [1.54, 1.807) is 12.1 Å². The molecule has 3 aromatic rings. The molecule has 21 heavy (non-hydrogen) atoms. The molecule has 8 heteroatoms. The summed E-state index contributed by atoms with van der Waals surface area (Å²) in [5, 5.41) is 0.299. The van der Waals surface area contributed by atoms with Gasteiger partial charge in [-0.15, -0.1) is 0 Å². The van der Waals surface area contributed by atoms with E-state index in [-0.39, 0.29) is 4.90 Å². The molecule has 0 saturated heterocycles. The Bertz CT molecular complexity index is 902. The van der Waals surface area contributed by atoms with Crippen LogP contribution in [0.1, 0.15) is 0 Å². The minimum Gasteiger partial charge on any atom is -0.399 e. The molecule has 2 aromatic carbocycles. The van der Waals surface area contributed by atoms with Crippen LogP contribution in [0.15, 0.2) is 47.4 Å². The SMILES string of the molecule is Nc1ccc(S(=O)(=O)Nc2nc3cc(N)ccc3s2)cc1. The van der Waals surface area contributed by atoms with Crippen LogP contribution in [0.4, 0.5) is 16.5 Å². The van der Waals surface area contributed by atoms with Gasteiger partial charge < -0.3 is 11.5 Å². The monoisotopic (exact) mass is 320 g/mol. The second kappa shape index (κ2) is 4.90. The Kier molecular flexibility index (Phi) is 3.19. The van der Waals surface area contributed by atoms with E-state index in [1.807, 2.05) is 6.07 Å². The summed E-state index contributed by atoms with van der Waals surface area (Å²) in [7, 11) is -3.68. The van der Waals surface area contributed by atoms with E-state index in [2.05, 4.69) is 9.71 Å². The number of aromatic nitrogens is 1. The third-order valence-electron chi connectivity index (χ3n) is 2.82. The van der Waals surface area contributed by atoms with Crippen molar-refractivity contribution < 1.29 is 8.42 Å². The highest BCUT2D eigenvalue weighted by Gasteiger charge is 2.16. The average Bonchev–Trinajstić information content (AvgIpc) is 2.79. The summed E-state index contributed by atoms with van der Waals surface area (Å²) in [6, 6.07) is 11.2. The van der Waals surface area contributed by atoms with Crippen LogP contribution in [0.25, 0.3) is 10.2 Å². The van der Waals surface area contributed by atoms with Gasteiger partial charge in [0.05, 0.1) is 15.1 Å². The van der Waals surface area contributed by atoms with Crippen LogP contribution >= 0.6 is 11.3 Å². The second-order valence-electron chi connectivity index (χ2n) is 4.42. The van der Waals surface area contributed by atoms with Gasteiger partial charge in [-0.3, -0.25) is 4.72 Å². The van der Waals surface area contributed by atoms with Crippen LogP contribution in [0, 0.1) is 0 Å². The second-order valence-corrected chi connectivity index (χ2v) is 7.13. The number of benzene rings is 2. The van der Waals surface area contributed by atoms with Crippen LogP contribution < -0.4 is 16.2 Å². The molecule has 0 amide bonds. The zero-order chi connectivity index (χ0) is 15.0. The smallest absolute Gasteiger partial charge is 0.263 e. The summed E-state index contributed by atoms with van der Waals surface area (Å²) in [5.41, 5.74) is 13.0. The topological polar surface area (TPSA) is 111 Å². The van der Waals surface area contributed by atoms with E-state index in [9.17, 15) is 8.42 Å². The number of nitrogens with zero attached hydrogens (tertiary/aromatic N) is 1. The minimum atomic E-state index is -3.68. The summed E-state index contributed by atoms with van der Waals surface area (Å²) >= 11 is 1.25. The van der Waals surface area contributed by atoms with Gasteiger partial charge in [0.1, 0.15) is 0 Å². The number of sulfonamides is 1. The first-order valence-electron chi connectivity index (χ1n) is 5.98. The molecule has 108 valence electrons. The van der Waals surface area contributed by atoms with Crippen molar-refractivity contribution in [2.45, 2.75) is 4.90 Å². The summed E-state index contributed by atoms with van der Waals surface area (Å²) in [6.45, 7) is 0. The van der Waals surface area contributed by atoms with Gasteiger partial charge in [-0.1, -0.05) is 11.3 Å². The maximum atomic E-state index is 12.2. The maximum Gasteiger partial charge on any atom is 0.263 e. The summed E-state index contributed by atoms with van der Waals surface area (Å²) in [5.74, 6) is 0. The number of hydrogen-bond acceptors (Lipinski definition) is 6. The van der Waals surface area contributed by atoms with Crippen molar-refractivity contribution in [2.24, 2.45) is 0 Å². The van der Waals surface area contributed by atoms with Gasteiger partial charge in [-0.25, -0.2) is 13.4 Å². The lowest BCUT2D eigenvalue weighted by Gasteiger charge is -2.04. The standard InChI is InChI=1S/C13H12N4O2S2/c14-8-1-4-10(5-2-8)21(18,19)17-13-16-11-7-9(15)3-6-12(11)20-13/h1-7H,14-15H2,(H,16,17). The largest absolute Gasteiger partial charge is 0.399 e. The zero-order valence-corrected chi connectivity index (χ0v) is 12.4. The molecule has 1 heterocycles. The van der Waals surface area contributed by atoms with Crippen molar-refractivity contribution in [1.29, 1.82) is 0 Å². The van der Waals surface area contributed by atoms with Crippen LogP contribution in [-0.4, -0.2) is 13.4 Å². The van der Waals surface area contributed by atoms with Gasteiger partial charge in [0.15, 0.2) is 5.13 Å². The van der Waals surface area contributed by atoms with E-state index in [0.29, 0.717) is 22.0 Å². The quantitative estimate of drug-likeness (QED) is 0.641. The fourth-order valence-corrected chi connectivity index (χ4v) is 3.89. The number of nitrogen functional groups attached to an aromatic ring is 2.